The van der Waals surface area contributed by atoms with E-state index in [1.807, 2.05) is 6.07 Å². The first-order valence-corrected chi connectivity index (χ1v) is 9.44. The van der Waals surface area contributed by atoms with Crippen molar-refractivity contribution in [2.75, 3.05) is 5.75 Å². The minimum Gasteiger partial charge on any atom is -0.282 e. The summed E-state index contributed by atoms with van der Waals surface area (Å²) in [6.45, 7) is 2.18. The Hall–Kier alpha value is -1.11. The third kappa shape index (κ3) is 4.18. The van der Waals surface area contributed by atoms with Crippen LogP contribution < -0.4 is 0 Å². The molecule has 0 amide bonds. The molecule has 1 heterocycles. The number of hydrogen-bond acceptors (Lipinski definition) is 4. The van der Waals surface area contributed by atoms with E-state index < -0.39 is 10.1 Å². The molecule has 114 valence electrons. The van der Waals surface area contributed by atoms with Gasteiger partial charge in [0.2, 0.25) is 0 Å². The highest BCUT2D eigenvalue weighted by atomic mass is 32.2. The minimum atomic E-state index is -4.25. The van der Waals surface area contributed by atoms with Gasteiger partial charge in [-0.1, -0.05) is 32.3 Å². The van der Waals surface area contributed by atoms with Crippen molar-refractivity contribution in [2.24, 2.45) is 0 Å². The highest BCUT2D eigenvalue weighted by molar-refractivity contribution is 7.99. The molecule has 4 nitrogen and oxygen atoms in total. The molecule has 21 heavy (non-hydrogen) atoms. The van der Waals surface area contributed by atoms with E-state index >= 15 is 0 Å². The van der Waals surface area contributed by atoms with E-state index in [0.717, 1.165) is 22.5 Å². The Morgan fingerprint density at radius 1 is 1.19 bits per heavy atom. The highest BCUT2D eigenvalue weighted by Gasteiger charge is 2.16. The number of benzene rings is 1. The van der Waals surface area contributed by atoms with E-state index in [9.17, 15) is 13.0 Å². The molecule has 0 bridgehead atoms. The average Bonchev–Trinajstić information content (AvgIpc) is 2.45. The summed E-state index contributed by atoms with van der Waals surface area (Å²) < 4.78 is 32.1. The molecule has 0 unspecified atom stereocenters. The average molecular weight is 325 g/mol. The van der Waals surface area contributed by atoms with Gasteiger partial charge in [-0.05, 0) is 30.4 Å². The number of hydrogen-bond donors (Lipinski definition) is 1. The van der Waals surface area contributed by atoms with Crippen LogP contribution in [0.1, 0.15) is 32.6 Å². The summed E-state index contributed by atoms with van der Waals surface area (Å²) in [7, 11) is -4.25. The lowest BCUT2D eigenvalue weighted by molar-refractivity contribution is 0.484. The predicted octanol–water partition coefficient (Wildman–Crippen LogP) is 4.15. The second kappa shape index (κ2) is 7.24. The van der Waals surface area contributed by atoms with Crippen LogP contribution in [0.15, 0.2) is 40.3 Å². The Labute approximate surface area is 129 Å². The lowest BCUT2D eigenvalue weighted by Gasteiger charge is -2.08. The molecular formula is C15H19NO3S2. The fourth-order valence-corrected chi connectivity index (χ4v) is 3.87. The number of unbranched alkanes of at least 4 members (excludes halogenated alkanes) is 3. The Kier molecular flexibility index (Phi) is 5.61. The molecule has 2 rings (SSSR count). The fraction of sp³-hybridized carbons (Fsp3) is 0.400. The summed E-state index contributed by atoms with van der Waals surface area (Å²) in [6, 6.07) is 6.79. The largest absolute Gasteiger partial charge is 0.296 e. The zero-order valence-corrected chi connectivity index (χ0v) is 13.6. The summed E-state index contributed by atoms with van der Waals surface area (Å²) in [4.78, 5) is 4.98. The molecule has 1 aromatic heterocycles. The summed E-state index contributed by atoms with van der Waals surface area (Å²) in [5.74, 6) is 0.995. The minimum absolute atomic E-state index is 0.131. The second-order valence-corrected chi connectivity index (χ2v) is 7.37. The van der Waals surface area contributed by atoms with Gasteiger partial charge in [0.1, 0.15) is 4.90 Å². The van der Waals surface area contributed by atoms with Crippen LogP contribution in [0.2, 0.25) is 0 Å². The summed E-state index contributed by atoms with van der Waals surface area (Å²) >= 11 is 1.70. The maximum Gasteiger partial charge on any atom is 0.296 e. The van der Waals surface area contributed by atoms with Gasteiger partial charge in [0.05, 0.1) is 5.52 Å². The van der Waals surface area contributed by atoms with Crippen LogP contribution in [0.5, 0.6) is 0 Å². The van der Waals surface area contributed by atoms with Crippen molar-refractivity contribution in [3.63, 3.8) is 0 Å². The van der Waals surface area contributed by atoms with Crippen LogP contribution in [-0.2, 0) is 10.1 Å². The van der Waals surface area contributed by atoms with Gasteiger partial charge in [-0.2, -0.15) is 8.42 Å². The molecule has 0 fully saturated rings. The van der Waals surface area contributed by atoms with E-state index in [-0.39, 0.29) is 4.90 Å². The highest BCUT2D eigenvalue weighted by Crippen LogP contribution is 2.31. The summed E-state index contributed by atoms with van der Waals surface area (Å²) in [6.07, 6.45) is 6.33. The molecule has 0 atom stereocenters. The lowest BCUT2D eigenvalue weighted by Crippen LogP contribution is -2.00. The number of fused-ring (bicyclic) bond motifs is 1. The number of pyridine rings is 1. The van der Waals surface area contributed by atoms with Gasteiger partial charge in [-0.3, -0.25) is 9.54 Å². The quantitative estimate of drug-likeness (QED) is 0.470. The standard InChI is InChI=1S/C15H19NO3S2/c1-2-3-4-5-11-20-13-8-9-14(21(17,18)19)15-12(13)7-6-10-16-15/h6-10H,2-5,11H2,1H3,(H,17,18,19). The first-order valence-electron chi connectivity index (χ1n) is 7.02. The maximum absolute atomic E-state index is 11.4. The zero-order valence-electron chi connectivity index (χ0n) is 11.9. The van der Waals surface area contributed by atoms with Gasteiger partial charge in [0.25, 0.3) is 10.1 Å². The second-order valence-electron chi connectivity index (χ2n) is 4.85. The van der Waals surface area contributed by atoms with Gasteiger partial charge in [-0.25, -0.2) is 0 Å². The van der Waals surface area contributed by atoms with Crippen LogP contribution in [0, 0.1) is 0 Å². The number of aromatic nitrogens is 1. The molecule has 1 aromatic carbocycles. The molecule has 0 radical (unpaired) electrons. The van der Waals surface area contributed by atoms with Crippen LogP contribution >= 0.6 is 11.8 Å². The maximum atomic E-state index is 11.4. The normalized spacial score (nSPS) is 11.9. The van der Waals surface area contributed by atoms with Crippen molar-refractivity contribution in [3.05, 3.63) is 30.5 Å². The van der Waals surface area contributed by atoms with Crippen molar-refractivity contribution in [2.45, 2.75) is 42.4 Å². The molecule has 0 aliphatic rings. The summed E-state index contributed by atoms with van der Waals surface area (Å²) in [5.41, 5.74) is 0.332. The Bertz CT molecular complexity index is 714. The van der Waals surface area contributed by atoms with Gasteiger partial charge in [0.15, 0.2) is 0 Å². The molecule has 0 saturated carbocycles. The Morgan fingerprint density at radius 3 is 2.71 bits per heavy atom. The van der Waals surface area contributed by atoms with Crippen molar-refractivity contribution < 1.29 is 13.0 Å². The van der Waals surface area contributed by atoms with Gasteiger partial charge in [-0.15, -0.1) is 11.8 Å². The van der Waals surface area contributed by atoms with E-state index in [4.69, 9.17) is 0 Å². The molecule has 0 aliphatic heterocycles. The van der Waals surface area contributed by atoms with E-state index in [1.54, 1.807) is 23.9 Å². The molecule has 0 aliphatic carbocycles. The lowest BCUT2D eigenvalue weighted by atomic mass is 10.2. The van der Waals surface area contributed by atoms with Crippen molar-refractivity contribution in [1.29, 1.82) is 0 Å². The van der Waals surface area contributed by atoms with Crippen molar-refractivity contribution in [3.8, 4) is 0 Å². The van der Waals surface area contributed by atoms with Crippen LogP contribution in [0.3, 0.4) is 0 Å². The zero-order chi connectivity index (χ0) is 15.3. The van der Waals surface area contributed by atoms with Gasteiger partial charge in [0, 0.05) is 16.5 Å². The smallest absolute Gasteiger partial charge is 0.282 e. The van der Waals surface area contributed by atoms with Gasteiger partial charge < -0.3 is 0 Å². The number of thioether (sulfide) groups is 1. The first-order chi connectivity index (χ1) is 10.0. The van der Waals surface area contributed by atoms with Crippen LogP contribution in [0.4, 0.5) is 0 Å². The van der Waals surface area contributed by atoms with Gasteiger partial charge >= 0.3 is 0 Å². The first kappa shape index (κ1) is 16.3. The van der Waals surface area contributed by atoms with Crippen LogP contribution in [-0.4, -0.2) is 23.7 Å². The fourth-order valence-electron chi connectivity index (χ4n) is 2.17. The number of rotatable bonds is 7. The van der Waals surface area contributed by atoms with E-state index in [0.29, 0.717) is 5.52 Å². The van der Waals surface area contributed by atoms with Crippen molar-refractivity contribution >= 4 is 32.8 Å². The SMILES string of the molecule is CCCCCCSc1ccc(S(=O)(=O)O)c2ncccc12. The van der Waals surface area contributed by atoms with E-state index in [2.05, 4.69) is 11.9 Å². The van der Waals surface area contributed by atoms with Crippen molar-refractivity contribution in [1.82, 2.24) is 4.98 Å². The van der Waals surface area contributed by atoms with Crippen LogP contribution in [0.25, 0.3) is 10.9 Å². The monoisotopic (exact) mass is 325 g/mol. The number of nitrogens with zero attached hydrogens (tertiary/aromatic N) is 1. The topological polar surface area (TPSA) is 67.3 Å². The Balaban J connectivity index is 2.26. The Morgan fingerprint density at radius 2 is 2.00 bits per heavy atom. The summed E-state index contributed by atoms with van der Waals surface area (Å²) in [5, 5.41) is 0.771. The molecule has 0 saturated heterocycles. The molecular weight excluding hydrogens is 306 g/mol. The molecule has 6 heteroatoms. The third-order valence-electron chi connectivity index (χ3n) is 3.23. The molecule has 2 aromatic rings. The van der Waals surface area contributed by atoms with E-state index in [1.165, 1.54) is 31.5 Å². The predicted molar refractivity (Wildman–Crippen MR) is 86.4 cm³/mol. The molecule has 0 spiro atoms. The molecule has 1 N–H and O–H groups in total. The third-order valence-corrected chi connectivity index (χ3v) is 5.27.